The highest BCUT2D eigenvalue weighted by Crippen LogP contribution is 2.27. The zero-order valence-electron chi connectivity index (χ0n) is 8.50. The van der Waals surface area contributed by atoms with Crippen LogP contribution in [0.5, 0.6) is 5.75 Å². The summed E-state index contributed by atoms with van der Waals surface area (Å²) in [5.41, 5.74) is 2.88. The summed E-state index contributed by atoms with van der Waals surface area (Å²) in [6.07, 6.45) is -0.0913. The lowest BCUT2D eigenvalue weighted by atomic mass is 10.1. The Morgan fingerprint density at radius 1 is 1.60 bits per heavy atom. The Bertz CT molecular complexity index is 379. The van der Waals surface area contributed by atoms with E-state index in [-0.39, 0.29) is 17.8 Å². The number of hydrogen-bond donors (Lipinski definition) is 2. The number of rotatable bonds is 4. The van der Waals surface area contributed by atoms with Gasteiger partial charge in [0.25, 0.3) is 0 Å². The van der Waals surface area contributed by atoms with E-state index in [9.17, 15) is 9.18 Å². The number of carbonyl (C=O) groups is 1. The summed E-state index contributed by atoms with van der Waals surface area (Å²) in [5.74, 6) is -1.47. The summed E-state index contributed by atoms with van der Waals surface area (Å²) in [6.45, 7) is 1.35. The molecule has 0 aromatic heterocycles. The molecule has 1 aromatic rings. The molecule has 15 heavy (non-hydrogen) atoms. The molecule has 5 heteroatoms. The lowest BCUT2D eigenvalue weighted by Crippen LogP contribution is -2.06. The van der Waals surface area contributed by atoms with Crippen LogP contribution in [0.25, 0.3) is 0 Å². The molecule has 0 spiro atoms. The maximum atomic E-state index is 13.4. The van der Waals surface area contributed by atoms with Crippen molar-refractivity contribution in [3.63, 3.8) is 0 Å². The van der Waals surface area contributed by atoms with Crippen LogP contribution in [0, 0.1) is 5.82 Å². The van der Waals surface area contributed by atoms with Gasteiger partial charge in [-0.15, -0.1) is 0 Å². The monoisotopic (exact) mass is 213 g/mol. The van der Waals surface area contributed by atoms with Crippen molar-refractivity contribution in [1.29, 1.82) is 0 Å². The van der Waals surface area contributed by atoms with Gasteiger partial charge < -0.3 is 5.11 Å². The highest BCUT2D eigenvalue weighted by molar-refractivity contribution is 5.80. The Morgan fingerprint density at radius 2 is 2.27 bits per heavy atom. The van der Waals surface area contributed by atoms with Gasteiger partial charge in [-0.3, -0.25) is 15.1 Å². The van der Waals surface area contributed by atoms with E-state index >= 15 is 0 Å². The average Bonchev–Trinajstić information content (AvgIpc) is 2.17. The summed E-state index contributed by atoms with van der Waals surface area (Å²) >= 11 is 0. The molecule has 0 aliphatic rings. The fraction of sp³-hybridized carbons (Fsp3) is 0.300. The van der Waals surface area contributed by atoms with E-state index in [2.05, 4.69) is 10.3 Å². The lowest BCUT2D eigenvalue weighted by molar-refractivity contribution is -0.116. The number of ketones is 1. The van der Waals surface area contributed by atoms with E-state index in [1.807, 2.05) is 0 Å². The molecule has 82 valence electrons. The van der Waals surface area contributed by atoms with E-state index in [0.717, 1.165) is 0 Å². The summed E-state index contributed by atoms with van der Waals surface area (Å²) in [4.78, 5) is 15.6. The fourth-order valence-electron chi connectivity index (χ4n) is 1.24. The number of hydrogen-bond acceptors (Lipinski definition) is 4. The standard InChI is InChI=1S/C10H12FNO3/c1-6(13)5-7-8(12-15-2)3-4-9(14)10(7)11/h3-4,12,14H,5H2,1-2H3. The van der Waals surface area contributed by atoms with Crippen molar-refractivity contribution >= 4 is 11.5 Å². The van der Waals surface area contributed by atoms with Crippen LogP contribution in [-0.4, -0.2) is 18.0 Å². The van der Waals surface area contributed by atoms with E-state index in [0.29, 0.717) is 5.69 Å². The van der Waals surface area contributed by atoms with Gasteiger partial charge in [-0.05, 0) is 19.1 Å². The van der Waals surface area contributed by atoms with Crippen LogP contribution in [0.1, 0.15) is 12.5 Å². The Balaban J connectivity index is 3.15. The maximum absolute atomic E-state index is 13.4. The second-order valence-corrected chi connectivity index (χ2v) is 3.11. The Morgan fingerprint density at radius 3 is 2.80 bits per heavy atom. The zero-order valence-corrected chi connectivity index (χ0v) is 8.50. The molecular formula is C10H12FNO3. The van der Waals surface area contributed by atoms with Crippen LogP contribution in [0.4, 0.5) is 10.1 Å². The van der Waals surface area contributed by atoms with Gasteiger partial charge in [0.1, 0.15) is 5.78 Å². The van der Waals surface area contributed by atoms with Crippen LogP contribution in [0.15, 0.2) is 12.1 Å². The second kappa shape index (κ2) is 4.75. The first kappa shape index (κ1) is 11.5. The maximum Gasteiger partial charge on any atom is 0.170 e. The van der Waals surface area contributed by atoms with Crippen molar-refractivity contribution in [2.45, 2.75) is 13.3 Å². The minimum absolute atomic E-state index is 0.0913. The third-order valence-electron chi connectivity index (χ3n) is 1.86. The number of carbonyl (C=O) groups excluding carboxylic acids is 1. The summed E-state index contributed by atoms with van der Waals surface area (Å²) in [5, 5.41) is 9.15. The molecule has 2 N–H and O–H groups in total. The quantitative estimate of drug-likeness (QED) is 0.589. The number of anilines is 1. The third kappa shape index (κ3) is 2.66. The minimum Gasteiger partial charge on any atom is -0.505 e. The molecule has 0 amide bonds. The summed E-state index contributed by atoms with van der Waals surface area (Å²) < 4.78 is 13.4. The predicted molar refractivity (Wildman–Crippen MR) is 53.1 cm³/mol. The molecule has 1 rings (SSSR count). The number of nitrogens with one attached hydrogen (secondary N) is 1. The van der Waals surface area contributed by atoms with E-state index < -0.39 is 11.6 Å². The Labute approximate surface area is 86.6 Å². The molecular weight excluding hydrogens is 201 g/mol. The van der Waals surface area contributed by atoms with Crippen molar-refractivity contribution in [2.24, 2.45) is 0 Å². The number of phenols is 1. The molecule has 0 aliphatic heterocycles. The van der Waals surface area contributed by atoms with Crippen molar-refractivity contribution in [2.75, 3.05) is 12.6 Å². The molecule has 0 atom stereocenters. The van der Waals surface area contributed by atoms with Gasteiger partial charge in [0.2, 0.25) is 0 Å². The highest BCUT2D eigenvalue weighted by atomic mass is 19.1. The smallest absolute Gasteiger partial charge is 0.170 e. The molecule has 0 heterocycles. The lowest BCUT2D eigenvalue weighted by Gasteiger charge is -2.10. The van der Waals surface area contributed by atoms with Crippen LogP contribution >= 0.6 is 0 Å². The van der Waals surface area contributed by atoms with E-state index in [1.165, 1.54) is 26.2 Å². The van der Waals surface area contributed by atoms with Crippen molar-refractivity contribution in [1.82, 2.24) is 0 Å². The van der Waals surface area contributed by atoms with Gasteiger partial charge in [0.15, 0.2) is 11.6 Å². The third-order valence-corrected chi connectivity index (χ3v) is 1.86. The Hall–Kier alpha value is -1.62. The number of phenolic OH excluding ortho intramolecular Hbond substituents is 1. The second-order valence-electron chi connectivity index (χ2n) is 3.11. The summed E-state index contributed by atoms with van der Waals surface area (Å²) in [6, 6.07) is 2.64. The first-order valence-corrected chi connectivity index (χ1v) is 4.35. The molecule has 0 unspecified atom stereocenters. The topological polar surface area (TPSA) is 58.6 Å². The van der Waals surface area contributed by atoms with Crippen LogP contribution in [0.2, 0.25) is 0 Å². The van der Waals surface area contributed by atoms with Crippen molar-refractivity contribution < 1.29 is 19.1 Å². The van der Waals surface area contributed by atoms with Gasteiger partial charge in [0.05, 0.1) is 12.8 Å². The van der Waals surface area contributed by atoms with Gasteiger partial charge in [-0.1, -0.05) is 0 Å². The van der Waals surface area contributed by atoms with E-state index in [4.69, 9.17) is 5.11 Å². The molecule has 1 aromatic carbocycles. The average molecular weight is 213 g/mol. The molecule has 0 saturated heterocycles. The normalized spacial score (nSPS) is 10.1. The minimum atomic E-state index is -0.799. The number of aromatic hydroxyl groups is 1. The molecule has 0 radical (unpaired) electrons. The summed E-state index contributed by atoms with van der Waals surface area (Å²) in [7, 11) is 1.38. The van der Waals surface area contributed by atoms with Crippen molar-refractivity contribution in [3.05, 3.63) is 23.5 Å². The molecule has 0 fully saturated rings. The first-order chi connectivity index (χ1) is 7.06. The molecule has 0 aliphatic carbocycles. The molecule has 0 saturated carbocycles. The SMILES string of the molecule is CONc1ccc(O)c(F)c1CC(C)=O. The van der Waals surface area contributed by atoms with Gasteiger partial charge in [-0.25, -0.2) is 4.39 Å². The van der Waals surface area contributed by atoms with Crippen LogP contribution in [0.3, 0.4) is 0 Å². The number of benzene rings is 1. The molecule has 4 nitrogen and oxygen atoms in total. The predicted octanol–water partition coefficient (Wildman–Crippen LogP) is 1.64. The number of halogens is 1. The zero-order chi connectivity index (χ0) is 11.4. The highest BCUT2D eigenvalue weighted by Gasteiger charge is 2.14. The van der Waals surface area contributed by atoms with Crippen LogP contribution < -0.4 is 5.48 Å². The van der Waals surface area contributed by atoms with Gasteiger partial charge >= 0.3 is 0 Å². The van der Waals surface area contributed by atoms with E-state index in [1.54, 1.807) is 0 Å². The van der Waals surface area contributed by atoms with Gasteiger partial charge in [-0.2, -0.15) is 0 Å². The van der Waals surface area contributed by atoms with Crippen molar-refractivity contribution in [3.8, 4) is 5.75 Å². The fourth-order valence-corrected chi connectivity index (χ4v) is 1.24. The van der Waals surface area contributed by atoms with Gasteiger partial charge in [0, 0.05) is 12.0 Å². The Kier molecular flexibility index (Phi) is 3.62. The first-order valence-electron chi connectivity index (χ1n) is 4.35. The molecule has 0 bridgehead atoms. The number of Topliss-reactive ketones (excluding diaryl/α,β-unsaturated/α-hetero) is 1. The largest absolute Gasteiger partial charge is 0.505 e. The van der Waals surface area contributed by atoms with Crippen LogP contribution in [-0.2, 0) is 16.1 Å².